The molecule has 0 aliphatic rings. The second kappa shape index (κ2) is 2.71. The van der Waals surface area contributed by atoms with Crippen molar-refractivity contribution < 1.29 is 0 Å². The lowest BCUT2D eigenvalue weighted by atomic mass is 10.5. The third-order valence-electron chi connectivity index (χ3n) is 1.32. The summed E-state index contributed by atoms with van der Waals surface area (Å²) in [6, 6.07) is 3.86. The minimum absolute atomic E-state index is 0.873. The minimum Gasteiger partial charge on any atom is -0.277 e. The molecule has 0 unspecified atom stereocenters. The predicted octanol–water partition coefficient (Wildman–Crippen LogP) is 2.10. The van der Waals surface area contributed by atoms with Gasteiger partial charge in [-0.3, -0.25) is 4.40 Å². The molecule has 11 heavy (non-hydrogen) atoms. The molecule has 0 spiro atoms. The van der Waals surface area contributed by atoms with Crippen molar-refractivity contribution in [1.82, 2.24) is 14.6 Å². The Kier molecular flexibility index (Phi) is 1.84. The third-order valence-corrected chi connectivity index (χ3v) is 2.53. The third kappa shape index (κ3) is 1.26. The molecule has 5 heteroatoms. The van der Waals surface area contributed by atoms with Crippen molar-refractivity contribution in [3.05, 3.63) is 26.6 Å². The summed E-state index contributed by atoms with van der Waals surface area (Å²) < 4.78 is 3.83. The maximum Gasteiger partial charge on any atom is 0.198 e. The number of pyridine rings is 1. The Morgan fingerprint density at radius 2 is 2.18 bits per heavy atom. The Morgan fingerprint density at radius 3 is 3.00 bits per heavy atom. The minimum atomic E-state index is 0.873. The Labute approximate surface area is 85.1 Å². The van der Waals surface area contributed by atoms with Gasteiger partial charge in [0.2, 0.25) is 0 Å². The van der Waals surface area contributed by atoms with Crippen molar-refractivity contribution in [2.45, 2.75) is 0 Å². The molecule has 0 amide bonds. The molecule has 2 aromatic heterocycles. The van der Waals surface area contributed by atoms with Gasteiger partial charge in [-0.15, -0.1) is 10.2 Å². The molecule has 0 fully saturated rings. The van der Waals surface area contributed by atoms with Crippen LogP contribution < -0.4 is 0 Å². The summed E-state index contributed by atoms with van der Waals surface area (Å²) in [5, 5.41) is 7.86. The van der Waals surface area contributed by atoms with Crippen LogP contribution in [-0.4, -0.2) is 14.6 Å². The van der Waals surface area contributed by atoms with Crippen molar-refractivity contribution >= 4 is 44.2 Å². The summed E-state index contributed by atoms with van der Waals surface area (Å²) in [6.45, 7) is 0. The van der Waals surface area contributed by atoms with Crippen LogP contribution in [-0.2, 0) is 0 Å². The van der Waals surface area contributed by atoms with E-state index in [9.17, 15) is 0 Å². The van der Waals surface area contributed by atoms with Gasteiger partial charge in [0.15, 0.2) is 9.48 Å². The molecule has 56 valence electrons. The van der Waals surface area contributed by atoms with Crippen LogP contribution in [0.25, 0.3) is 5.65 Å². The first kappa shape index (κ1) is 7.48. The van der Waals surface area contributed by atoms with Crippen LogP contribution in [0, 0.1) is 3.83 Å². The summed E-state index contributed by atoms with van der Waals surface area (Å²) in [6.07, 6.45) is 1.94. The van der Waals surface area contributed by atoms with Crippen molar-refractivity contribution in [3.63, 3.8) is 0 Å². The molecule has 2 rings (SSSR count). The highest BCUT2D eigenvalue weighted by Gasteiger charge is 1.99. The quantitative estimate of drug-likeness (QED) is 0.695. The molecule has 0 aliphatic carbocycles. The molecule has 2 heterocycles. The van der Waals surface area contributed by atoms with Gasteiger partial charge < -0.3 is 0 Å². The molecule has 0 saturated heterocycles. The van der Waals surface area contributed by atoms with Gasteiger partial charge in [0.05, 0.1) is 0 Å². The van der Waals surface area contributed by atoms with Gasteiger partial charge in [-0.05, 0) is 28.1 Å². The summed E-state index contributed by atoms with van der Waals surface area (Å²) in [7, 11) is 0. The number of hydrogen-bond donors (Lipinski definition) is 0. The highest BCUT2D eigenvalue weighted by molar-refractivity contribution is 14.1. The average Bonchev–Trinajstić information content (AvgIpc) is 2.33. The van der Waals surface area contributed by atoms with Gasteiger partial charge in [-0.1, -0.05) is 0 Å². The van der Waals surface area contributed by atoms with E-state index >= 15 is 0 Å². The smallest absolute Gasteiger partial charge is 0.198 e. The molecule has 0 atom stereocenters. The van der Waals surface area contributed by atoms with Gasteiger partial charge in [0, 0.05) is 33.3 Å². The normalized spacial score (nSPS) is 10.7. The lowest BCUT2D eigenvalue weighted by Gasteiger charge is -1.92. The number of rotatable bonds is 0. The van der Waals surface area contributed by atoms with E-state index in [0.717, 1.165) is 14.0 Å². The number of aromatic nitrogens is 3. The summed E-state index contributed by atoms with van der Waals surface area (Å²) >= 11 is 5.51. The first-order valence-electron chi connectivity index (χ1n) is 2.93. The van der Waals surface area contributed by atoms with E-state index in [1.54, 1.807) is 0 Å². The molecule has 0 N–H and O–H groups in total. The van der Waals surface area contributed by atoms with Crippen LogP contribution >= 0.6 is 38.5 Å². The zero-order valence-corrected chi connectivity index (χ0v) is 9.07. The second-order valence-corrected chi connectivity index (χ2v) is 3.93. The first-order valence-corrected chi connectivity index (χ1v) is 4.80. The SMILES string of the molecule is Brc1ccc2nnc(I)n2c1. The van der Waals surface area contributed by atoms with Crippen LogP contribution in [0.1, 0.15) is 0 Å². The topological polar surface area (TPSA) is 30.2 Å². The van der Waals surface area contributed by atoms with E-state index in [4.69, 9.17) is 0 Å². The van der Waals surface area contributed by atoms with Crippen LogP contribution in [0.2, 0.25) is 0 Å². The van der Waals surface area contributed by atoms with E-state index in [2.05, 4.69) is 48.7 Å². The fourth-order valence-electron chi connectivity index (χ4n) is 0.837. The Bertz CT molecular complexity index is 398. The zero-order chi connectivity index (χ0) is 7.84. The molecule has 0 saturated carbocycles. The number of halogens is 2. The van der Waals surface area contributed by atoms with E-state index in [1.165, 1.54) is 0 Å². The first-order chi connectivity index (χ1) is 5.27. The van der Waals surface area contributed by atoms with Gasteiger partial charge in [0.1, 0.15) is 0 Å². The molecular weight excluding hydrogens is 321 g/mol. The number of hydrogen-bond acceptors (Lipinski definition) is 2. The maximum absolute atomic E-state index is 3.94. The fraction of sp³-hybridized carbons (Fsp3) is 0. The molecular formula is C6H3BrIN3. The Morgan fingerprint density at radius 1 is 1.36 bits per heavy atom. The summed E-state index contributed by atoms with van der Waals surface area (Å²) in [4.78, 5) is 0. The number of nitrogens with zero attached hydrogens (tertiary/aromatic N) is 3. The molecule has 0 radical (unpaired) electrons. The predicted molar refractivity (Wildman–Crippen MR) is 53.4 cm³/mol. The van der Waals surface area contributed by atoms with Crippen LogP contribution in [0.15, 0.2) is 22.8 Å². The molecule has 0 bridgehead atoms. The average molecular weight is 324 g/mol. The van der Waals surface area contributed by atoms with E-state index in [1.807, 2.05) is 22.7 Å². The lowest BCUT2D eigenvalue weighted by molar-refractivity contribution is 1.05. The summed E-state index contributed by atoms with van der Waals surface area (Å²) in [5.74, 6) is 0. The Hall–Kier alpha value is -0.170. The fourth-order valence-corrected chi connectivity index (χ4v) is 1.67. The van der Waals surface area contributed by atoms with Crippen molar-refractivity contribution in [1.29, 1.82) is 0 Å². The van der Waals surface area contributed by atoms with E-state index in [0.29, 0.717) is 0 Å². The Balaban J connectivity index is 2.87. The molecule has 2 aromatic rings. The van der Waals surface area contributed by atoms with Crippen LogP contribution in [0.3, 0.4) is 0 Å². The van der Waals surface area contributed by atoms with Gasteiger partial charge in [-0.2, -0.15) is 0 Å². The molecule has 0 aromatic carbocycles. The highest BCUT2D eigenvalue weighted by atomic mass is 127. The number of fused-ring (bicyclic) bond motifs is 1. The monoisotopic (exact) mass is 323 g/mol. The van der Waals surface area contributed by atoms with E-state index < -0.39 is 0 Å². The standard InChI is InChI=1S/C6H3BrIN3/c7-4-1-2-5-9-10-6(8)11(5)3-4/h1-3H. The molecule has 0 aliphatic heterocycles. The van der Waals surface area contributed by atoms with Crippen LogP contribution in [0.4, 0.5) is 0 Å². The lowest BCUT2D eigenvalue weighted by Crippen LogP contribution is -1.85. The van der Waals surface area contributed by atoms with E-state index in [-0.39, 0.29) is 0 Å². The largest absolute Gasteiger partial charge is 0.277 e. The second-order valence-electron chi connectivity index (χ2n) is 2.04. The van der Waals surface area contributed by atoms with Gasteiger partial charge in [-0.25, -0.2) is 0 Å². The summed E-state index contributed by atoms with van der Waals surface area (Å²) in [5.41, 5.74) is 0.873. The zero-order valence-electron chi connectivity index (χ0n) is 5.33. The van der Waals surface area contributed by atoms with Crippen molar-refractivity contribution in [2.75, 3.05) is 0 Å². The van der Waals surface area contributed by atoms with Crippen LogP contribution in [0.5, 0.6) is 0 Å². The molecule has 3 nitrogen and oxygen atoms in total. The maximum atomic E-state index is 3.94. The van der Waals surface area contributed by atoms with Gasteiger partial charge >= 0.3 is 0 Å². The van der Waals surface area contributed by atoms with Gasteiger partial charge in [0.25, 0.3) is 0 Å². The highest BCUT2D eigenvalue weighted by Crippen LogP contribution is 2.12. The van der Waals surface area contributed by atoms with Crippen molar-refractivity contribution in [3.8, 4) is 0 Å². The van der Waals surface area contributed by atoms with Crippen molar-refractivity contribution in [2.24, 2.45) is 0 Å².